The molecule has 96 valence electrons. The van der Waals surface area contributed by atoms with Gasteiger partial charge in [0, 0.05) is 12.6 Å². The van der Waals surface area contributed by atoms with Gasteiger partial charge >= 0.3 is 0 Å². The van der Waals surface area contributed by atoms with E-state index < -0.39 is 0 Å². The van der Waals surface area contributed by atoms with Crippen molar-refractivity contribution in [3.05, 3.63) is 0 Å². The minimum absolute atomic E-state index is 0.485. The van der Waals surface area contributed by atoms with E-state index in [0.29, 0.717) is 5.41 Å². The van der Waals surface area contributed by atoms with Crippen LogP contribution in [0, 0.1) is 17.3 Å². The molecule has 1 unspecified atom stereocenters. The lowest BCUT2D eigenvalue weighted by Gasteiger charge is -2.37. The minimum Gasteiger partial charge on any atom is -0.313 e. The van der Waals surface area contributed by atoms with Crippen LogP contribution in [-0.2, 0) is 0 Å². The van der Waals surface area contributed by atoms with Crippen molar-refractivity contribution < 1.29 is 0 Å². The second-order valence-electron chi connectivity index (χ2n) is 6.35. The van der Waals surface area contributed by atoms with E-state index in [1.807, 2.05) is 0 Å². The molecule has 0 amide bonds. The molecule has 0 aromatic heterocycles. The van der Waals surface area contributed by atoms with Crippen LogP contribution in [0.4, 0.5) is 0 Å². The summed E-state index contributed by atoms with van der Waals surface area (Å²) in [5.74, 6) is 1.69. The van der Waals surface area contributed by atoms with E-state index in [9.17, 15) is 0 Å². The van der Waals surface area contributed by atoms with Crippen LogP contribution in [0.1, 0.15) is 66.7 Å². The van der Waals surface area contributed by atoms with Gasteiger partial charge in [0.05, 0.1) is 0 Å². The predicted molar refractivity (Wildman–Crippen MR) is 72.7 cm³/mol. The molecule has 0 aliphatic heterocycles. The van der Waals surface area contributed by atoms with Crippen LogP contribution in [0.25, 0.3) is 0 Å². The number of hydrogen-bond donors (Lipinski definition) is 1. The maximum absolute atomic E-state index is 3.73. The first-order chi connectivity index (χ1) is 7.51. The van der Waals surface area contributed by atoms with Crippen molar-refractivity contribution in [3.63, 3.8) is 0 Å². The Kier molecular flexibility index (Phi) is 5.30. The van der Waals surface area contributed by atoms with Crippen LogP contribution in [0.3, 0.4) is 0 Å². The Morgan fingerprint density at radius 3 is 2.12 bits per heavy atom. The van der Waals surface area contributed by atoms with Crippen LogP contribution < -0.4 is 5.32 Å². The molecule has 16 heavy (non-hydrogen) atoms. The summed E-state index contributed by atoms with van der Waals surface area (Å²) >= 11 is 0. The Morgan fingerprint density at radius 2 is 1.75 bits per heavy atom. The fourth-order valence-corrected chi connectivity index (χ4v) is 2.41. The van der Waals surface area contributed by atoms with Gasteiger partial charge in [-0.2, -0.15) is 0 Å². The van der Waals surface area contributed by atoms with Crippen molar-refractivity contribution in [2.75, 3.05) is 6.54 Å². The Balaban J connectivity index is 2.47. The summed E-state index contributed by atoms with van der Waals surface area (Å²) in [5, 5.41) is 3.73. The monoisotopic (exact) mass is 225 g/mol. The zero-order valence-electron chi connectivity index (χ0n) is 12.0. The highest BCUT2D eigenvalue weighted by molar-refractivity contribution is 4.88. The molecule has 1 N–H and O–H groups in total. The average Bonchev–Trinajstić information content (AvgIpc) is 3.06. The van der Waals surface area contributed by atoms with Crippen LogP contribution in [-0.4, -0.2) is 12.6 Å². The van der Waals surface area contributed by atoms with Crippen molar-refractivity contribution in [2.24, 2.45) is 17.3 Å². The van der Waals surface area contributed by atoms with E-state index in [2.05, 4.69) is 39.9 Å². The lowest BCUT2D eigenvalue weighted by atomic mass is 9.71. The summed E-state index contributed by atoms with van der Waals surface area (Å²) in [5.41, 5.74) is 0.485. The van der Waals surface area contributed by atoms with Gasteiger partial charge in [0.1, 0.15) is 0 Å². The first-order valence-corrected chi connectivity index (χ1v) is 7.25. The molecule has 0 heterocycles. The Morgan fingerprint density at radius 1 is 1.19 bits per heavy atom. The van der Waals surface area contributed by atoms with E-state index in [4.69, 9.17) is 0 Å². The fraction of sp³-hybridized carbons (Fsp3) is 1.00. The largest absolute Gasteiger partial charge is 0.313 e. The predicted octanol–water partition coefficient (Wildman–Crippen LogP) is 4.23. The fourth-order valence-electron chi connectivity index (χ4n) is 2.41. The second-order valence-corrected chi connectivity index (χ2v) is 6.35. The molecule has 1 aliphatic carbocycles. The third-order valence-corrected chi connectivity index (χ3v) is 4.68. The second kappa shape index (κ2) is 6.05. The molecule has 1 saturated carbocycles. The van der Waals surface area contributed by atoms with Crippen molar-refractivity contribution in [1.29, 1.82) is 0 Å². The highest BCUT2D eigenvalue weighted by Gasteiger charge is 2.32. The molecule has 0 spiro atoms. The SMILES string of the molecule is CCC(CC)CC(C)(CNC1CC1)C(C)C. The van der Waals surface area contributed by atoms with Gasteiger partial charge in [-0.25, -0.2) is 0 Å². The molecule has 0 aromatic carbocycles. The minimum atomic E-state index is 0.485. The van der Waals surface area contributed by atoms with E-state index in [-0.39, 0.29) is 0 Å². The smallest absolute Gasteiger partial charge is 0.00684 e. The normalized spacial score (nSPS) is 20.4. The summed E-state index contributed by atoms with van der Waals surface area (Å²) in [4.78, 5) is 0. The molecule has 1 heteroatoms. The van der Waals surface area contributed by atoms with Gasteiger partial charge in [0.2, 0.25) is 0 Å². The maximum Gasteiger partial charge on any atom is 0.00684 e. The lowest BCUT2D eigenvalue weighted by molar-refractivity contribution is 0.152. The van der Waals surface area contributed by atoms with E-state index in [1.54, 1.807) is 0 Å². The van der Waals surface area contributed by atoms with Gasteiger partial charge in [0.25, 0.3) is 0 Å². The first kappa shape index (κ1) is 14.0. The van der Waals surface area contributed by atoms with Crippen LogP contribution in [0.15, 0.2) is 0 Å². The van der Waals surface area contributed by atoms with Crippen LogP contribution in [0.2, 0.25) is 0 Å². The molecule has 0 saturated heterocycles. The molecule has 1 aliphatic rings. The number of hydrogen-bond acceptors (Lipinski definition) is 1. The summed E-state index contributed by atoms with van der Waals surface area (Å²) < 4.78 is 0. The Hall–Kier alpha value is -0.0400. The summed E-state index contributed by atoms with van der Waals surface area (Å²) in [6, 6.07) is 0.847. The third kappa shape index (κ3) is 4.08. The van der Waals surface area contributed by atoms with Gasteiger partial charge in [-0.15, -0.1) is 0 Å². The summed E-state index contributed by atoms with van der Waals surface area (Å²) in [6.45, 7) is 13.1. The Labute approximate surface area is 102 Å². The summed E-state index contributed by atoms with van der Waals surface area (Å²) in [6.07, 6.45) is 6.86. The van der Waals surface area contributed by atoms with Crippen LogP contribution in [0.5, 0.6) is 0 Å². The first-order valence-electron chi connectivity index (χ1n) is 7.25. The number of rotatable bonds is 8. The third-order valence-electron chi connectivity index (χ3n) is 4.68. The van der Waals surface area contributed by atoms with Gasteiger partial charge in [0.15, 0.2) is 0 Å². The highest BCUT2D eigenvalue weighted by Crippen LogP contribution is 2.36. The highest BCUT2D eigenvalue weighted by atomic mass is 15.0. The molecule has 1 atom stereocenters. The standard InChI is InChI=1S/C15H31N/c1-6-13(7-2)10-15(5,12(3)4)11-16-14-8-9-14/h12-14,16H,6-11H2,1-5H3. The average molecular weight is 225 g/mol. The molecular formula is C15H31N. The molecule has 1 nitrogen and oxygen atoms in total. The molecular weight excluding hydrogens is 194 g/mol. The lowest BCUT2D eigenvalue weighted by Crippen LogP contribution is -2.38. The zero-order chi connectivity index (χ0) is 12.2. The van der Waals surface area contributed by atoms with Gasteiger partial charge in [-0.05, 0) is 36.5 Å². The van der Waals surface area contributed by atoms with Crippen molar-refractivity contribution in [2.45, 2.75) is 72.8 Å². The number of nitrogens with one attached hydrogen (secondary N) is 1. The van der Waals surface area contributed by atoms with E-state index in [1.165, 1.54) is 38.6 Å². The van der Waals surface area contributed by atoms with E-state index in [0.717, 1.165) is 17.9 Å². The Bertz CT molecular complexity index is 192. The van der Waals surface area contributed by atoms with Gasteiger partial charge < -0.3 is 5.32 Å². The summed E-state index contributed by atoms with van der Waals surface area (Å²) in [7, 11) is 0. The molecule has 1 rings (SSSR count). The molecule has 0 radical (unpaired) electrons. The molecule has 0 aromatic rings. The molecule has 0 bridgehead atoms. The van der Waals surface area contributed by atoms with Crippen molar-refractivity contribution in [3.8, 4) is 0 Å². The van der Waals surface area contributed by atoms with Crippen LogP contribution >= 0.6 is 0 Å². The maximum atomic E-state index is 3.73. The van der Waals surface area contributed by atoms with Gasteiger partial charge in [-0.1, -0.05) is 47.5 Å². The zero-order valence-corrected chi connectivity index (χ0v) is 12.0. The van der Waals surface area contributed by atoms with Crippen molar-refractivity contribution >= 4 is 0 Å². The van der Waals surface area contributed by atoms with E-state index >= 15 is 0 Å². The molecule has 1 fully saturated rings. The van der Waals surface area contributed by atoms with Crippen molar-refractivity contribution in [1.82, 2.24) is 5.32 Å². The topological polar surface area (TPSA) is 12.0 Å². The van der Waals surface area contributed by atoms with Gasteiger partial charge in [-0.3, -0.25) is 0 Å². The quantitative estimate of drug-likeness (QED) is 0.652.